The van der Waals surface area contributed by atoms with Gasteiger partial charge in [0.2, 0.25) is 0 Å². The number of hydrogen-bond donors (Lipinski definition) is 1. The van der Waals surface area contributed by atoms with E-state index >= 15 is 0 Å². The number of carboxylic acids is 1. The first-order valence-electron chi connectivity index (χ1n) is 5.25. The number of benzene rings is 1. The Labute approximate surface area is 102 Å². The van der Waals surface area contributed by atoms with Crippen molar-refractivity contribution in [1.82, 2.24) is 3.96 Å². The minimum absolute atomic E-state index is 0.0697. The second-order valence-electron chi connectivity index (χ2n) is 4.57. The Hall–Kier alpha value is -1.62. The molecule has 0 fully saturated rings. The topological polar surface area (TPSA) is 59.3 Å². The summed E-state index contributed by atoms with van der Waals surface area (Å²) in [6.45, 7) is 3.52. The highest BCUT2D eigenvalue weighted by atomic mass is 32.1. The zero-order valence-electron chi connectivity index (χ0n) is 9.64. The molecule has 0 radical (unpaired) electrons. The molecule has 0 unspecified atom stereocenters. The first-order chi connectivity index (χ1) is 7.92. The Kier molecular flexibility index (Phi) is 2.79. The molecule has 0 saturated heterocycles. The maximum absolute atomic E-state index is 12.1. The van der Waals surface area contributed by atoms with Gasteiger partial charge in [0.1, 0.15) is 0 Å². The van der Waals surface area contributed by atoms with Gasteiger partial charge in [0.05, 0.1) is 22.0 Å². The Morgan fingerprint density at radius 1 is 1.41 bits per heavy atom. The molecule has 1 aromatic heterocycles. The third-order valence-corrected chi connectivity index (χ3v) is 4.02. The van der Waals surface area contributed by atoms with Crippen molar-refractivity contribution in [3.63, 3.8) is 0 Å². The molecule has 0 bridgehead atoms. The number of aromatic nitrogens is 1. The summed E-state index contributed by atoms with van der Waals surface area (Å²) in [7, 11) is 0. The van der Waals surface area contributed by atoms with Gasteiger partial charge in [-0.25, -0.2) is 0 Å². The summed E-state index contributed by atoms with van der Waals surface area (Å²) >= 11 is 1.31. The predicted octanol–water partition coefficient (Wildman–Crippen LogP) is 2.27. The molecule has 4 nitrogen and oxygen atoms in total. The van der Waals surface area contributed by atoms with Crippen LogP contribution in [0.3, 0.4) is 0 Å². The molecule has 1 N–H and O–H groups in total. The molecular formula is C12H13NO3S. The lowest BCUT2D eigenvalue weighted by Crippen LogP contribution is -2.34. The molecule has 5 heteroatoms. The number of carboxylic acid groups (broad SMARTS) is 1. The first kappa shape index (κ1) is 11.9. The summed E-state index contributed by atoms with van der Waals surface area (Å²) in [6.07, 6.45) is -0.0697. The highest BCUT2D eigenvalue weighted by Gasteiger charge is 2.27. The van der Waals surface area contributed by atoms with Gasteiger partial charge in [0, 0.05) is 0 Å². The van der Waals surface area contributed by atoms with Gasteiger partial charge in [-0.3, -0.25) is 13.5 Å². The monoisotopic (exact) mass is 251 g/mol. The fraction of sp³-hybridized carbons (Fsp3) is 0.333. The van der Waals surface area contributed by atoms with Crippen molar-refractivity contribution in [2.75, 3.05) is 0 Å². The summed E-state index contributed by atoms with van der Waals surface area (Å²) in [4.78, 5) is 22.9. The molecule has 0 aliphatic rings. The Morgan fingerprint density at radius 2 is 2.06 bits per heavy atom. The summed E-state index contributed by atoms with van der Waals surface area (Å²) < 4.78 is 2.43. The van der Waals surface area contributed by atoms with E-state index in [0.29, 0.717) is 5.39 Å². The summed E-state index contributed by atoms with van der Waals surface area (Å²) in [5.74, 6) is -0.903. The predicted molar refractivity (Wildman–Crippen MR) is 67.7 cm³/mol. The lowest BCUT2D eigenvalue weighted by Gasteiger charge is -2.22. The van der Waals surface area contributed by atoms with Crippen molar-refractivity contribution in [1.29, 1.82) is 0 Å². The van der Waals surface area contributed by atoms with Crippen LogP contribution in [0.4, 0.5) is 0 Å². The third-order valence-electron chi connectivity index (χ3n) is 2.63. The largest absolute Gasteiger partial charge is 0.481 e. The molecule has 2 rings (SSSR count). The fourth-order valence-corrected chi connectivity index (χ4v) is 2.90. The zero-order valence-corrected chi connectivity index (χ0v) is 10.5. The van der Waals surface area contributed by atoms with Gasteiger partial charge in [0.15, 0.2) is 0 Å². The average molecular weight is 251 g/mol. The second kappa shape index (κ2) is 4.00. The van der Waals surface area contributed by atoms with Crippen molar-refractivity contribution in [2.24, 2.45) is 0 Å². The van der Waals surface area contributed by atoms with Gasteiger partial charge in [-0.15, -0.1) is 0 Å². The van der Waals surface area contributed by atoms with E-state index in [1.807, 2.05) is 18.2 Å². The lowest BCUT2D eigenvalue weighted by atomic mass is 10.0. The van der Waals surface area contributed by atoms with E-state index in [1.165, 1.54) is 11.5 Å². The highest BCUT2D eigenvalue weighted by molar-refractivity contribution is 7.13. The normalized spacial score (nSPS) is 11.9. The summed E-state index contributed by atoms with van der Waals surface area (Å²) in [5, 5.41) is 9.51. The van der Waals surface area contributed by atoms with Crippen LogP contribution in [0.25, 0.3) is 10.1 Å². The number of rotatable bonds is 3. The van der Waals surface area contributed by atoms with Crippen LogP contribution in [0.15, 0.2) is 29.1 Å². The van der Waals surface area contributed by atoms with Crippen LogP contribution in [-0.2, 0) is 10.3 Å². The maximum Gasteiger partial charge on any atom is 0.305 e. The average Bonchev–Trinajstić information content (AvgIpc) is 2.56. The van der Waals surface area contributed by atoms with E-state index in [4.69, 9.17) is 5.11 Å². The van der Waals surface area contributed by atoms with Crippen LogP contribution < -0.4 is 5.56 Å². The molecule has 17 heavy (non-hydrogen) atoms. The molecule has 90 valence electrons. The van der Waals surface area contributed by atoms with Crippen LogP contribution in [0.1, 0.15) is 20.3 Å². The Morgan fingerprint density at radius 3 is 2.65 bits per heavy atom. The smallest absolute Gasteiger partial charge is 0.305 e. The molecule has 1 aromatic carbocycles. The minimum atomic E-state index is -0.903. The molecule has 2 aromatic rings. The van der Waals surface area contributed by atoms with Crippen molar-refractivity contribution in [3.8, 4) is 0 Å². The number of carbonyl (C=O) groups is 1. The molecular weight excluding hydrogens is 238 g/mol. The van der Waals surface area contributed by atoms with E-state index in [-0.39, 0.29) is 12.0 Å². The van der Waals surface area contributed by atoms with Gasteiger partial charge >= 0.3 is 5.97 Å². The molecule has 0 spiro atoms. The molecule has 1 heterocycles. The van der Waals surface area contributed by atoms with Gasteiger partial charge in [-0.2, -0.15) is 0 Å². The summed E-state index contributed by atoms with van der Waals surface area (Å²) in [5.41, 5.74) is -0.816. The third kappa shape index (κ3) is 2.10. The molecule has 0 saturated carbocycles. The van der Waals surface area contributed by atoms with Crippen LogP contribution >= 0.6 is 11.5 Å². The summed E-state index contributed by atoms with van der Waals surface area (Å²) in [6, 6.07) is 7.31. The van der Waals surface area contributed by atoms with E-state index in [1.54, 1.807) is 23.9 Å². The van der Waals surface area contributed by atoms with Crippen molar-refractivity contribution in [3.05, 3.63) is 34.6 Å². The van der Waals surface area contributed by atoms with Crippen molar-refractivity contribution in [2.45, 2.75) is 25.8 Å². The standard InChI is InChI=1S/C12H13NO3S/c1-12(2,7-10(14)15)13-11(16)8-5-3-4-6-9(8)17-13/h3-6H,7H2,1-2H3,(H,14,15). The second-order valence-corrected chi connectivity index (χ2v) is 5.56. The van der Waals surface area contributed by atoms with E-state index in [0.717, 1.165) is 4.70 Å². The van der Waals surface area contributed by atoms with Crippen molar-refractivity contribution < 1.29 is 9.90 Å². The maximum atomic E-state index is 12.1. The van der Waals surface area contributed by atoms with Crippen LogP contribution in [0, 0.1) is 0 Å². The van der Waals surface area contributed by atoms with Crippen molar-refractivity contribution >= 4 is 27.6 Å². The molecule has 0 aliphatic carbocycles. The Balaban J connectivity index is 2.60. The highest BCUT2D eigenvalue weighted by Crippen LogP contribution is 2.25. The zero-order chi connectivity index (χ0) is 12.6. The first-order valence-corrected chi connectivity index (χ1v) is 6.02. The minimum Gasteiger partial charge on any atom is -0.481 e. The SMILES string of the molecule is CC(C)(CC(=O)O)n1sc2ccccc2c1=O. The van der Waals surface area contributed by atoms with E-state index in [2.05, 4.69) is 0 Å². The number of nitrogens with zero attached hydrogens (tertiary/aromatic N) is 1. The number of hydrogen-bond acceptors (Lipinski definition) is 3. The van der Waals surface area contributed by atoms with Gasteiger partial charge in [-0.05, 0) is 26.0 Å². The Bertz CT molecular complexity index is 624. The van der Waals surface area contributed by atoms with Gasteiger partial charge < -0.3 is 5.11 Å². The molecule has 0 aliphatic heterocycles. The van der Waals surface area contributed by atoms with Gasteiger partial charge in [-0.1, -0.05) is 23.7 Å². The van der Waals surface area contributed by atoms with Gasteiger partial charge in [0.25, 0.3) is 5.56 Å². The number of aliphatic carboxylic acids is 1. The quantitative estimate of drug-likeness (QED) is 0.910. The fourth-order valence-electron chi connectivity index (χ4n) is 1.81. The van der Waals surface area contributed by atoms with Crippen LogP contribution in [-0.4, -0.2) is 15.0 Å². The van der Waals surface area contributed by atoms with Crippen LogP contribution in [0.2, 0.25) is 0 Å². The number of fused-ring (bicyclic) bond motifs is 1. The lowest BCUT2D eigenvalue weighted by molar-refractivity contribution is -0.138. The van der Waals surface area contributed by atoms with E-state index < -0.39 is 11.5 Å². The van der Waals surface area contributed by atoms with E-state index in [9.17, 15) is 9.59 Å². The molecule has 0 amide bonds. The molecule has 0 atom stereocenters. The van der Waals surface area contributed by atoms with Crippen LogP contribution in [0.5, 0.6) is 0 Å².